The largest absolute Gasteiger partial charge is 0.494 e. The Bertz CT molecular complexity index is 672. The van der Waals surface area contributed by atoms with Gasteiger partial charge in [0, 0.05) is 17.5 Å². The molecule has 2 N–H and O–H groups in total. The van der Waals surface area contributed by atoms with E-state index in [1.54, 1.807) is 0 Å². The second kappa shape index (κ2) is 6.40. The molecule has 1 aromatic heterocycles. The molecule has 3 rings (SSSR count). The second-order valence-electron chi connectivity index (χ2n) is 5.65. The molecule has 1 aliphatic heterocycles. The number of hydrogen-bond acceptors (Lipinski definition) is 3. The molecule has 0 spiro atoms. The van der Waals surface area contributed by atoms with Crippen LogP contribution in [0.15, 0.2) is 18.2 Å². The van der Waals surface area contributed by atoms with Crippen LogP contribution in [0.4, 0.5) is 0 Å². The van der Waals surface area contributed by atoms with Crippen LogP contribution >= 0.6 is 0 Å². The highest BCUT2D eigenvalue weighted by Crippen LogP contribution is 2.26. The van der Waals surface area contributed by atoms with Gasteiger partial charge in [-0.05, 0) is 50.5 Å². The van der Waals surface area contributed by atoms with Crippen molar-refractivity contribution in [1.29, 1.82) is 0 Å². The van der Waals surface area contributed by atoms with E-state index in [1.165, 1.54) is 0 Å². The van der Waals surface area contributed by atoms with E-state index in [2.05, 4.69) is 10.3 Å². The molecule has 0 saturated carbocycles. The number of aromatic nitrogens is 1. The van der Waals surface area contributed by atoms with Crippen LogP contribution in [0, 0.1) is 6.92 Å². The van der Waals surface area contributed by atoms with Gasteiger partial charge in [0.1, 0.15) is 11.4 Å². The van der Waals surface area contributed by atoms with Gasteiger partial charge in [-0.3, -0.25) is 4.79 Å². The lowest BCUT2D eigenvalue weighted by Crippen LogP contribution is -2.40. The number of fused-ring (bicyclic) bond motifs is 1. The van der Waals surface area contributed by atoms with Crippen molar-refractivity contribution in [3.63, 3.8) is 0 Å². The van der Waals surface area contributed by atoms with Crippen LogP contribution in [-0.2, 0) is 4.74 Å². The number of carbonyl (C=O) groups is 1. The fourth-order valence-corrected chi connectivity index (χ4v) is 2.90. The van der Waals surface area contributed by atoms with Gasteiger partial charge in [-0.15, -0.1) is 0 Å². The number of rotatable bonds is 4. The van der Waals surface area contributed by atoms with E-state index < -0.39 is 0 Å². The minimum absolute atomic E-state index is 0.0674. The minimum Gasteiger partial charge on any atom is -0.494 e. The molecule has 0 bridgehead atoms. The summed E-state index contributed by atoms with van der Waals surface area (Å²) in [5.41, 5.74) is 2.52. The number of aryl methyl sites for hydroxylation is 1. The molecule has 5 heteroatoms. The zero-order chi connectivity index (χ0) is 15.5. The van der Waals surface area contributed by atoms with Crippen LogP contribution in [0.2, 0.25) is 0 Å². The van der Waals surface area contributed by atoms with Gasteiger partial charge in [-0.25, -0.2) is 0 Å². The first-order valence-electron chi connectivity index (χ1n) is 7.82. The molecule has 1 aromatic carbocycles. The number of hydrogen-bond donors (Lipinski definition) is 2. The molecule has 1 atom stereocenters. The Balaban J connectivity index is 1.83. The summed E-state index contributed by atoms with van der Waals surface area (Å²) < 4.78 is 10.9. The molecule has 2 heterocycles. The lowest BCUT2D eigenvalue weighted by atomic mass is 10.1. The fourth-order valence-electron chi connectivity index (χ4n) is 2.90. The van der Waals surface area contributed by atoms with Gasteiger partial charge in [0.25, 0.3) is 5.91 Å². The third-order valence-electron chi connectivity index (χ3n) is 4.06. The number of ether oxygens (including phenoxy) is 2. The standard InChI is InChI=1S/C17H22N2O3/c1-3-22-13-6-7-15-14(9-13)11(2)16(19-15)17(20)18-12-5-4-8-21-10-12/h6-7,9,12,19H,3-5,8,10H2,1-2H3,(H,18,20). The van der Waals surface area contributed by atoms with E-state index in [-0.39, 0.29) is 11.9 Å². The molecule has 0 aliphatic carbocycles. The first-order valence-corrected chi connectivity index (χ1v) is 7.82. The maximum absolute atomic E-state index is 12.5. The van der Waals surface area contributed by atoms with Crippen molar-refractivity contribution in [1.82, 2.24) is 10.3 Å². The Labute approximate surface area is 130 Å². The van der Waals surface area contributed by atoms with Crippen LogP contribution in [0.25, 0.3) is 10.9 Å². The molecular weight excluding hydrogens is 280 g/mol. The summed E-state index contributed by atoms with van der Waals surface area (Å²) in [6.07, 6.45) is 1.97. The van der Waals surface area contributed by atoms with Gasteiger partial charge in [-0.1, -0.05) is 0 Å². The number of H-pyrrole nitrogens is 1. The third-order valence-corrected chi connectivity index (χ3v) is 4.06. The highest BCUT2D eigenvalue weighted by Gasteiger charge is 2.20. The van der Waals surface area contributed by atoms with E-state index >= 15 is 0 Å². The van der Waals surface area contributed by atoms with Crippen LogP contribution in [-0.4, -0.2) is 36.8 Å². The van der Waals surface area contributed by atoms with Gasteiger partial charge in [0.15, 0.2) is 0 Å². The number of benzene rings is 1. The predicted molar refractivity (Wildman–Crippen MR) is 85.5 cm³/mol. The zero-order valence-corrected chi connectivity index (χ0v) is 13.1. The quantitative estimate of drug-likeness (QED) is 0.913. The van der Waals surface area contributed by atoms with Gasteiger partial charge in [0.2, 0.25) is 0 Å². The van der Waals surface area contributed by atoms with E-state index in [0.717, 1.165) is 41.7 Å². The monoisotopic (exact) mass is 302 g/mol. The fraction of sp³-hybridized carbons (Fsp3) is 0.471. The molecule has 1 fully saturated rings. The van der Waals surface area contributed by atoms with Crippen molar-refractivity contribution < 1.29 is 14.3 Å². The summed E-state index contributed by atoms with van der Waals surface area (Å²) in [7, 11) is 0. The predicted octanol–water partition coefficient (Wildman–Crippen LogP) is 2.78. The summed E-state index contributed by atoms with van der Waals surface area (Å²) in [5.74, 6) is 0.756. The third kappa shape index (κ3) is 2.95. The normalized spacial score (nSPS) is 18.4. The topological polar surface area (TPSA) is 63.4 Å². The van der Waals surface area contributed by atoms with Gasteiger partial charge in [0.05, 0.1) is 19.3 Å². The molecule has 1 aliphatic rings. The van der Waals surface area contributed by atoms with Crippen molar-refractivity contribution in [3.8, 4) is 5.75 Å². The van der Waals surface area contributed by atoms with Gasteiger partial charge in [-0.2, -0.15) is 0 Å². The number of nitrogens with one attached hydrogen (secondary N) is 2. The van der Waals surface area contributed by atoms with E-state index in [9.17, 15) is 4.79 Å². The molecule has 1 amide bonds. The first-order chi connectivity index (χ1) is 10.7. The van der Waals surface area contributed by atoms with Gasteiger partial charge >= 0.3 is 0 Å². The summed E-state index contributed by atoms with van der Waals surface area (Å²) >= 11 is 0. The average Bonchev–Trinajstić information content (AvgIpc) is 2.86. The van der Waals surface area contributed by atoms with Crippen molar-refractivity contribution in [3.05, 3.63) is 29.5 Å². The lowest BCUT2D eigenvalue weighted by Gasteiger charge is -2.22. The van der Waals surface area contributed by atoms with E-state index in [1.807, 2.05) is 32.0 Å². The molecule has 118 valence electrons. The second-order valence-corrected chi connectivity index (χ2v) is 5.65. The summed E-state index contributed by atoms with van der Waals surface area (Å²) in [6.45, 7) is 5.93. The Morgan fingerprint density at radius 3 is 3.09 bits per heavy atom. The Hall–Kier alpha value is -2.01. The van der Waals surface area contributed by atoms with E-state index in [4.69, 9.17) is 9.47 Å². The zero-order valence-electron chi connectivity index (χ0n) is 13.1. The number of amides is 1. The molecule has 22 heavy (non-hydrogen) atoms. The maximum Gasteiger partial charge on any atom is 0.268 e. The van der Waals surface area contributed by atoms with Gasteiger partial charge < -0.3 is 19.8 Å². The smallest absolute Gasteiger partial charge is 0.268 e. The lowest BCUT2D eigenvalue weighted by molar-refractivity contribution is 0.0622. The molecule has 5 nitrogen and oxygen atoms in total. The Kier molecular flexibility index (Phi) is 4.34. The first kappa shape index (κ1) is 14.9. The number of aromatic amines is 1. The summed E-state index contributed by atoms with van der Waals surface area (Å²) in [4.78, 5) is 15.7. The molecule has 1 saturated heterocycles. The molecular formula is C17H22N2O3. The van der Waals surface area contributed by atoms with Crippen molar-refractivity contribution in [2.75, 3.05) is 19.8 Å². The minimum atomic E-state index is -0.0674. The SMILES string of the molecule is CCOc1ccc2[nH]c(C(=O)NC3CCCOC3)c(C)c2c1. The van der Waals surface area contributed by atoms with Crippen LogP contribution < -0.4 is 10.1 Å². The van der Waals surface area contributed by atoms with Crippen LogP contribution in [0.3, 0.4) is 0 Å². The highest BCUT2D eigenvalue weighted by molar-refractivity contribution is 6.01. The Morgan fingerprint density at radius 2 is 2.36 bits per heavy atom. The van der Waals surface area contributed by atoms with E-state index in [0.29, 0.717) is 18.9 Å². The van der Waals surface area contributed by atoms with Crippen LogP contribution in [0.5, 0.6) is 5.75 Å². The summed E-state index contributed by atoms with van der Waals surface area (Å²) in [5, 5.41) is 4.07. The Morgan fingerprint density at radius 1 is 1.50 bits per heavy atom. The number of carbonyl (C=O) groups excluding carboxylic acids is 1. The molecule has 0 radical (unpaired) electrons. The van der Waals surface area contributed by atoms with Crippen molar-refractivity contribution >= 4 is 16.8 Å². The highest BCUT2D eigenvalue weighted by atomic mass is 16.5. The summed E-state index contributed by atoms with van der Waals surface area (Å²) in [6, 6.07) is 5.95. The molecule has 2 aromatic rings. The van der Waals surface area contributed by atoms with Crippen molar-refractivity contribution in [2.45, 2.75) is 32.7 Å². The molecule has 1 unspecified atom stereocenters. The maximum atomic E-state index is 12.5. The average molecular weight is 302 g/mol. The van der Waals surface area contributed by atoms with Crippen LogP contribution in [0.1, 0.15) is 35.8 Å². The van der Waals surface area contributed by atoms with Crippen molar-refractivity contribution in [2.24, 2.45) is 0 Å².